The number of anilines is 1. The van der Waals surface area contributed by atoms with Gasteiger partial charge in [0.25, 0.3) is 5.91 Å². The van der Waals surface area contributed by atoms with Crippen LogP contribution in [0.4, 0.5) is 18.9 Å². The van der Waals surface area contributed by atoms with Gasteiger partial charge >= 0.3 is 6.18 Å². The Kier molecular flexibility index (Phi) is 5.19. The topological polar surface area (TPSA) is 42.0 Å². The van der Waals surface area contributed by atoms with Crippen LogP contribution in [0.3, 0.4) is 0 Å². The van der Waals surface area contributed by atoms with Crippen molar-refractivity contribution in [2.24, 2.45) is 0 Å². The molecule has 7 heteroatoms. The van der Waals surface area contributed by atoms with Gasteiger partial charge in [0.15, 0.2) is 0 Å². The lowest BCUT2D eigenvalue weighted by Crippen LogP contribution is -2.13. The fourth-order valence-corrected chi connectivity index (χ4v) is 2.78. The summed E-state index contributed by atoms with van der Waals surface area (Å²) in [4.78, 5) is 16.2. The standard InChI is InChI=1S/C20H14ClF3N2O/c1-12-8-9-25-11-17(12)19(27)26-15-5-2-13(3-6-15)16-10-14(20(22,23)24)4-7-18(16)21/h2-11H,1H3,(H,26,27). The average Bonchev–Trinajstić information content (AvgIpc) is 2.62. The van der Waals surface area contributed by atoms with Crippen molar-refractivity contribution >= 4 is 23.2 Å². The lowest BCUT2D eigenvalue weighted by Gasteiger charge is -2.12. The zero-order valence-corrected chi connectivity index (χ0v) is 14.9. The number of alkyl halides is 3. The van der Waals surface area contributed by atoms with Gasteiger partial charge in [0, 0.05) is 28.7 Å². The highest BCUT2D eigenvalue weighted by molar-refractivity contribution is 6.33. The molecule has 3 nitrogen and oxygen atoms in total. The Hall–Kier alpha value is -2.86. The average molecular weight is 391 g/mol. The van der Waals surface area contributed by atoms with Crippen molar-refractivity contribution < 1.29 is 18.0 Å². The first-order valence-electron chi connectivity index (χ1n) is 7.95. The molecule has 0 saturated carbocycles. The number of nitrogens with one attached hydrogen (secondary N) is 1. The number of amides is 1. The third-order valence-corrected chi connectivity index (χ3v) is 4.36. The van der Waals surface area contributed by atoms with Gasteiger partial charge in [-0.05, 0) is 54.4 Å². The molecule has 1 amide bonds. The van der Waals surface area contributed by atoms with E-state index in [1.807, 2.05) is 0 Å². The number of nitrogens with zero attached hydrogens (tertiary/aromatic N) is 1. The minimum atomic E-state index is -4.45. The van der Waals surface area contributed by atoms with Crippen molar-refractivity contribution in [3.63, 3.8) is 0 Å². The van der Waals surface area contributed by atoms with E-state index in [9.17, 15) is 18.0 Å². The molecular weight excluding hydrogens is 377 g/mol. The van der Waals surface area contributed by atoms with Crippen LogP contribution < -0.4 is 5.32 Å². The van der Waals surface area contributed by atoms with Crippen molar-refractivity contribution in [1.82, 2.24) is 4.98 Å². The number of benzene rings is 2. The molecule has 0 radical (unpaired) electrons. The van der Waals surface area contributed by atoms with Gasteiger partial charge in [-0.1, -0.05) is 23.7 Å². The molecule has 1 heterocycles. The maximum absolute atomic E-state index is 12.9. The Morgan fingerprint density at radius 3 is 2.41 bits per heavy atom. The van der Waals surface area contributed by atoms with Crippen LogP contribution in [0, 0.1) is 6.92 Å². The Bertz CT molecular complexity index is 985. The maximum atomic E-state index is 12.9. The molecule has 0 atom stereocenters. The van der Waals surface area contributed by atoms with Gasteiger partial charge in [0.1, 0.15) is 0 Å². The van der Waals surface area contributed by atoms with Gasteiger partial charge in [-0.15, -0.1) is 0 Å². The summed E-state index contributed by atoms with van der Waals surface area (Å²) in [5, 5.41) is 2.95. The second-order valence-electron chi connectivity index (χ2n) is 5.91. The summed E-state index contributed by atoms with van der Waals surface area (Å²) in [6.07, 6.45) is -1.38. The number of aryl methyl sites for hydroxylation is 1. The molecule has 0 aliphatic carbocycles. The first-order valence-corrected chi connectivity index (χ1v) is 8.32. The number of hydrogen-bond donors (Lipinski definition) is 1. The van der Waals surface area contributed by atoms with Crippen molar-refractivity contribution in [3.05, 3.63) is 82.6 Å². The summed E-state index contributed by atoms with van der Waals surface area (Å²) >= 11 is 6.06. The summed E-state index contributed by atoms with van der Waals surface area (Å²) in [6.45, 7) is 1.80. The number of pyridine rings is 1. The van der Waals surface area contributed by atoms with Crippen molar-refractivity contribution in [1.29, 1.82) is 0 Å². The van der Waals surface area contributed by atoms with E-state index in [0.29, 0.717) is 16.8 Å². The van der Waals surface area contributed by atoms with E-state index in [1.165, 1.54) is 12.3 Å². The van der Waals surface area contributed by atoms with Crippen LogP contribution in [0.5, 0.6) is 0 Å². The van der Waals surface area contributed by atoms with Crippen molar-refractivity contribution in [2.75, 3.05) is 5.32 Å². The van der Waals surface area contributed by atoms with E-state index < -0.39 is 11.7 Å². The monoisotopic (exact) mass is 390 g/mol. The van der Waals surface area contributed by atoms with Gasteiger partial charge in [0.2, 0.25) is 0 Å². The fourth-order valence-electron chi connectivity index (χ4n) is 2.56. The number of rotatable bonds is 3. The highest BCUT2D eigenvalue weighted by Crippen LogP contribution is 2.36. The molecule has 2 aromatic carbocycles. The maximum Gasteiger partial charge on any atom is 0.416 e. The van der Waals surface area contributed by atoms with Crippen molar-refractivity contribution in [3.8, 4) is 11.1 Å². The highest BCUT2D eigenvalue weighted by Gasteiger charge is 2.31. The molecule has 138 valence electrons. The molecule has 3 aromatic rings. The Morgan fingerprint density at radius 1 is 1.07 bits per heavy atom. The van der Waals surface area contributed by atoms with Crippen LogP contribution in [-0.4, -0.2) is 10.9 Å². The van der Waals surface area contributed by atoms with Crippen LogP contribution in [-0.2, 0) is 6.18 Å². The zero-order valence-electron chi connectivity index (χ0n) is 14.1. The predicted octanol–water partition coefficient (Wildman–Crippen LogP) is 5.98. The normalized spacial score (nSPS) is 11.3. The molecule has 0 spiro atoms. The lowest BCUT2D eigenvalue weighted by molar-refractivity contribution is -0.137. The summed E-state index contributed by atoms with van der Waals surface area (Å²) in [5.41, 5.74) is 1.76. The van der Waals surface area contributed by atoms with Crippen LogP contribution >= 0.6 is 11.6 Å². The number of halogens is 4. The van der Waals surface area contributed by atoms with Gasteiger partial charge in [-0.25, -0.2) is 0 Å². The third kappa shape index (κ3) is 4.28. The number of hydrogen-bond acceptors (Lipinski definition) is 2. The smallest absolute Gasteiger partial charge is 0.322 e. The first kappa shape index (κ1) is 18.9. The van der Waals surface area contributed by atoms with Crippen molar-refractivity contribution in [2.45, 2.75) is 13.1 Å². The van der Waals surface area contributed by atoms with E-state index in [0.717, 1.165) is 17.7 Å². The Labute approximate surface area is 158 Å². The quantitative estimate of drug-likeness (QED) is 0.597. The molecule has 3 rings (SSSR count). The molecule has 0 saturated heterocycles. The fraction of sp³-hybridized carbons (Fsp3) is 0.100. The zero-order chi connectivity index (χ0) is 19.6. The summed E-state index contributed by atoms with van der Waals surface area (Å²) < 4.78 is 38.8. The highest BCUT2D eigenvalue weighted by atomic mass is 35.5. The molecule has 0 fully saturated rings. The summed E-state index contributed by atoms with van der Waals surface area (Å²) in [7, 11) is 0. The van der Waals surface area contributed by atoms with Gasteiger partial charge in [-0.2, -0.15) is 13.2 Å². The van der Waals surface area contributed by atoms with E-state index in [-0.39, 0.29) is 16.5 Å². The number of aromatic nitrogens is 1. The minimum absolute atomic E-state index is 0.214. The Balaban J connectivity index is 1.84. The minimum Gasteiger partial charge on any atom is -0.322 e. The van der Waals surface area contributed by atoms with Gasteiger partial charge < -0.3 is 5.32 Å². The molecule has 0 bridgehead atoms. The lowest BCUT2D eigenvalue weighted by atomic mass is 10.0. The first-order chi connectivity index (χ1) is 12.8. The summed E-state index contributed by atoms with van der Waals surface area (Å²) in [6, 6.07) is 11.3. The van der Waals surface area contributed by atoms with Crippen LogP contribution in [0.1, 0.15) is 21.5 Å². The molecule has 1 N–H and O–H groups in total. The number of carbonyl (C=O) groups is 1. The predicted molar refractivity (Wildman–Crippen MR) is 98.8 cm³/mol. The molecular formula is C20H14ClF3N2O. The van der Waals surface area contributed by atoms with Gasteiger partial charge in [-0.3, -0.25) is 9.78 Å². The Morgan fingerprint density at radius 2 is 1.78 bits per heavy atom. The molecule has 0 unspecified atom stereocenters. The molecule has 1 aromatic heterocycles. The van der Waals surface area contributed by atoms with Crippen LogP contribution in [0.2, 0.25) is 5.02 Å². The second kappa shape index (κ2) is 7.40. The molecule has 0 aliphatic heterocycles. The second-order valence-corrected chi connectivity index (χ2v) is 6.32. The third-order valence-electron chi connectivity index (χ3n) is 4.03. The SMILES string of the molecule is Cc1ccncc1C(=O)Nc1ccc(-c2cc(C(F)(F)F)ccc2Cl)cc1. The summed E-state index contributed by atoms with van der Waals surface area (Å²) in [5.74, 6) is -0.314. The van der Waals surface area contributed by atoms with Crippen LogP contribution in [0.15, 0.2) is 60.9 Å². The van der Waals surface area contributed by atoms with Gasteiger partial charge in [0.05, 0.1) is 11.1 Å². The van der Waals surface area contributed by atoms with E-state index >= 15 is 0 Å². The van der Waals surface area contributed by atoms with E-state index in [2.05, 4.69) is 10.3 Å². The largest absolute Gasteiger partial charge is 0.416 e. The molecule has 27 heavy (non-hydrogen) atoms. The van der Waals surface area contributed by atoms with Crippen LogP contribution in [0.25, 0.3) is 11.1 Å². The molecule has 0 aliphatic rings. The van der Waals surface area contributed by atoms with E-state index in [1.54, 1.807) is 43.5 Å². The van der Waals surface area contributed by atoms with E-state index in [4.69, 9.17) is 11.6 Å². The number of carbonyl (C=O) groups excluding carboxylic acids is 1.